The van der Waals surface area contributed by atoms with Crippen molar-refractivity contribution in [3.8, 4) is 5.75 Å². The van der Waals surface area contributed by atoms with Gasteiger partial charge in [-0.1, -0.05) is 11.6 Å². The fourth-order valence-corrected chi connectivity index (χ4v) is 3.00. The second kappa shape index (κ2) is 8.22. The Morgan fingerprint density at radius 1 is 1.26 bits per heavy atom. The van der Waals surface area contributed by atoms with Crippen LogP contribution in [0.1, 0.15) is 32.1 Å². The highest BCUT2D eigenvalue weighted by atomic mass is 35.5. The first kappa shape index (κ1) is 21.1. The van der Waals surface area contributed by atoms with Crippen molar-refractivity contribution in [1.82, 2.24) is 10.2 Å². The lowest BCUT2D eigenvalue weighted by Gasteiger charge is -2.28. The average molecular weight is 415 g/mol. The van der Waals surface area contributed by atoms with Crippen LogP contribution >= 0.6 is 11.6 Å². The van der Waals surface area contributed by atoms with Gasteiger partial charge in [0.1, 0.15) is 11.5 Å². The number of halogens is 1. The molecule has 0 radical (unpaired) electrons. The maximum atomic E-state index is 12.8. The fraction of sp³-hybridized carbons (Fsp3) is 0.389. The molecule has 1 aromatic heterocycles. The lowest BCUT2D eigenvalue weighted by molar-refractivity contribution is 0.178. The van der Waals surface area contributed by atoms with Gasteiger partial charge >= 0.3 is 16.1 Å². The van der Waals surface area contributed by atoms with E-state index >= 15 is 0 Å². The lowest BCUT2D eigenvalue weighted by atomic mass is 10.1. The lowest BCUT2D eigenvalue weighted by Crippen LogP contribution is -2.48. The molecule has 0 aliphatic rings. The zero-order valence-electron chi connectivity index (χ0n) is 15.7. The Kier molecular flexibility index (Phi) is 6.43. The van der Waals surface area contributed by atoms with Crippen LogP contribution in [0.5, 0.6) is 5.75 Å². The number of nitrogens with one attached hydrogen (secondary N) is 1. The molecule has 0 spiro atoms. The second-order valence-corrected chi connectivity index (χ2v) is 9.17. The van der Waals surface area contributed by atoms with Crippen LogP contribution in [-0.2, 0) is 23.2 Å². The first-order valence-corrected chi connectivity index (χ1v) is 10.4. The first-order chi connectivity index (χ1) is 12.4. The average Bonchev–Trinajstić information content (AvgIpc) is 2.99. The van der Waals surface area contributed by atoms with Gasteiger partial charge in [-0.15, -0.1) is 0 Å². The number of hydrogen-bond acceptors (Lipinski definition) is 5. The minimum absolute atomic E-state index is 0.0774. The Bertz CT molecular complexity index is 889. The molecule has 0 saturated carbocycles. The summed E-state index contributed by atoms with van der Waals surface area (Å²) in [5.41, 5.74) is 0.0161. The molecule has 0 saturated heterocycles. The van der Waals surface area contributed by atoms with Crippen molar-refractivity contribution in [1.29, 1.82) is 0 Å². The summed E-state index contributed by atoms with van der Waals surface area (Å²) in [4.78, 5) is 14.2. The van der Waals surface area contributed by atoms with Crippen molar-refractivity contribution in [2.45, 2.75) is 39.4 Å². The van der Waals surface area contributed by atoms with Crippen LogP contribution in [0.3, 0.4) is 0 Å². The quantitative estimate of drug-likeness (QED) is 0.726. The SMILES string of the molecule is CC(C)(C)NC(=O)N(Cc1ccco1)Cc1cc(Cl)ccc1OS(C)(=O)=O. The van der Waals surface area contributed by atoms with Crippen LogP contribution in [0, 0.1) is 0 Å². The van der Waals surface area contributed by atoms with Gasteiger partial charge in [-0.05, 0) is 51.1 Å². The van der Waals surface area contributed by atoms with Crippen molar-refractivity contribution in [3.63, 3.8) is 0 Å². The molecule has 1 N–H and O–H groups in total. The maximum absolute atomic E-state index is 12.8. The van der Waals surface area contributed by atoms with Crippen LogP contribution in [0.15, 0.2) is 41.0 Å². The molecule has 9 heteroatoms. The van der Waals surface area contributed by atoms with Crippen LogP contribution in [-0.4, -0.2) is 31.1 Å². The summed E-state index contributed by atoms with van der Waals surface area (Å²) in [5.74, 6) is 0.710. The number of carbonyl (C=O) groups excluding carboxylic acids is 1. The zero-order valence-corrected chi connectivity index (χ0v) is 17.2. The summed E-state index contributed by atoms with van der Waals surface area (Å²) in [5, 5.41) is 3.29. The smallest absolute Gasteiger partial charge is 0.318 e. The summed E-state index contributed by atoms with van der Waals surface area (Å²) in [6.07, 6.45) is 2.48. The van der Waals surface area contributed by atoms with Gasteiger partial charge in [-0.2, -0.15) is 8.42 Å². The molecule has 2 amide bonds. The molecule has 27 heavy (non-hydrogen) atoms. The summed E-state index contributed by atoms with van der Waals surface area (Å²) in [6, 6.07) is 7.71. The highest BCUT2D eigenvalue weighted by Crippen LogP contribution is 2.26. The Morgan fingerprint density at radius 3 is 2.52 bits per heavy atom. The van der Waals surface area contributed by atoms with Crippen molar-refractivity contribution < 1.29 is 21.8 Å². The van der Waals surface area contributed by atoms with Crippen molar-refractivity contribution in [2.75, 3.05) is 6.26 Å². The number of nitrogens with zero attached hydrogens (tertiary/aromatic N) is 1. The van der Waals surface area contributed by atoms with Gasteiger partial charge < -0.3 is 18.8 Å². The van der Waals surface area contributed by atoms with Gasteiger partial charge in [0.25, 0.3) is 0 Å². The van der Waals surface area contributed by atoms with E-state index in [-0.39, 0.29) is 24.9 Å². The molecule has 0 fully saturated rings. The highest BCUT2D eigenvalue weighted by Gasteiger charge is 2.23. The summed E-state index contributed by atoms with van der Waals surface area (Å²) in [6.45, 7) is 5.88. The molecule has 7 nitrogen and oxygen atoms in total. The number of rotatable bonds is 6. The summed E-state index contributed by atoms with van der Waals surface area (Å²) >= 11 is 6.06. The standard InChI is InChI=1S/C18H23ClN2O5S/c1-18(2,3)20-17(22)21(12-15-6-5-9-25-15)11-13-10-14(19)7-8-16(13)26-27(4,23)24/h5-10H,11-12H2,1-4H3,(H,20,22). The molecule has 148 valence electrons. The van der Waals surface area contributed by atoms with E-state index in [4.69, 9.17) is 20.2 Å². The molecule has 1 heterocycles. The Hall–Kier alpha value is -2.19. The number of furan rings is 1. The third-order valence-corrected chi connectivity index (χ3v) is 4.04. The minimum Gasteiger partial charge on any atom is -0.467 e. The molecular formula is C18H23ClN2O5S. The number of amides is 2. The van der Waals surface area contributed by atoms with Crippen molar-refractivity contribution in [2.24, 2.45) is 0 Å². The molecule has 0 aliphatic heterocycles. The Morgan fingerprint density at radius 2 is 1.96 bits per heavy atom. The van der Waals surface area contributed by atoms with E-state index < -0.39 is 15.7 Å². The van der Waals surface area contributed by atoms with Crippen LogP contribution in [0.2, 0.25) is 5.02 Å². The molecular weight excluding hydrogens is 392 g/mol. The summed E-state index contributed by atoms with van der Waals surface area (Å²) < 4.78 is 33.5. The highest BCUT2D eigenvalue weighted by molar-refractivity contribution is 7.86. The van der Waals surface area contributed by atoms with E-state index in [1.807, 2.05) is 20.8 Å². The normalized spacial score (nSPS) is 11.9. The van der Waals surface area contributed by atoms with Crippen molar-refractivity contribution >= 4 is 27.8 Å². The number of benzene rings is 1. The van der Waals surface area contributed by atoms with Gasteiger partial charge in [-0.25, -0.2) is 4.79 Å². The molecule has 1 aromatic carbocycles. The number of carbonyl (C=O) groups is 1. The van der Waals surface area contributed by atoms with Gasteiger partial charge in [0, 0.05) is 16.1 Å². The van der Waals surface area contributed by atoms with Crippen LogP contribution < -0.4 is 9.50 Å². The monoisotopic (exact) mass is 414 g/mol. The third-order valence-electron chi connectivity index (χ3n) is 3.32. The second-order valence-electron chi connectivity index (χ2n) is 7.16. The van der Waals surface area contributed by atoms with Crippen LogP contribution in [0.4, 0.5) is 4.79 Å². The Balaban J connectivity index is 2.33. The van der Waals surface area contributed by atoms with E-state index in [1.165, 1.54) is 23.3 Å². The number of urea groups is 1. The molecule has 0 atom stereocenters. The molecule has 2 rings (SSSR count). The minimum atomic E-state index is -3.73. The van der Waals surface area contributed by atoms with Gasteiger partial charge in [0.05, 0.1) is 25.6 Å². The van der Waals surface area contributed by atoms with E-state index in [1.54, 1.807) is 18.2 Å². The van der Waals surface area contributed by atoms with E-state index in [0.717, 1.165) is 6.26 Å². The molecule has 0 aliphatic carbocycles. The topological polar surface area (TPSA) is 88.8 Å². The predicted octanol–water partition coefficient (Wildman–Crippen LogP) is 3.78. The van der Waals surface area contributed by atoms with Gasteiger partial charge in [-0.3, -0.25) is 0 Å². The largest absolute Gasteiger partial charge is 0.467 e. The molecule has 2 aromatic rings. The van der Waals surface area contributed by atoms with Gasteiger partial charge in [0.15, 0.2) is 0 Å². The van der Waals surface area contributed by atoms with E-state index in [2.05, 4.69) is 5.32 Å². The fourth-order valence-electron chi connectivity index (χ4n) is 2.31. The first-order valence-electron chi connectivity index (χ1n) is 8.20. The third kappa shape index (κ3) is 7.15. The van der Waals surface area contributed by atoms with Crippen molar-refractivity contribution in [3.05, 3.63) is 52.9 Å². The maximum Gasteiger partial charge on any atom is 0.318 e. The van der Waals surface area contributed by atoms with Crippen LogP contribution in [0.25, 0.3) is 0 Å². The zero-order chi connectivity index (χ0) is 20.2. The number of hydrogen-bond donors (Lipinski definition) is 1. The van der Waals surface area contributed by atoms with Gasteiger partial charge in [0.2, 0.25) is 0 Å². The molecule has 0 bridgehead atoms. The molecule has 0 unspecified atom stereocenters. The Labute approximate surface area is 164 Å². The van der Waals surface area contributed by atoms with E-state index in [0.29, 0.717) is 16.3 Å². The van der Waals surface area contributed by atoms with E-state index in [9.17, 15) is 13.2 Å². The predicted molar refractivity (Wildman–Crippen MR) is 103 cm³/mol. The summed E-state index contributed by atoms with van der Waals surface area (Å²) in [7, 11) is -3.73.